The van der Waals surface area contributed by atoms with E-state index in [4.69, 9.17) is 5.11 Å². The first kappa shape index (κ1) is 9.65. The summed E-state index contributed by atoms with van der Waals surface area (Å²) in [6.45, 7) is 0. The molecule has 0 radical (unpaired) electrons. The van der Waals surface area contributed by atoms with Gasteiger partial charge < -0.3 is 5.11 Å². The summed E-state index contributed by atoms with van der Waals surface area (Å²) >= 11 is 1.97. The molecule has 0 aromatic rings. The summed E-state index contributed by atoms with van der Waals surface area (Å²) in [5.41, 5.74) is 0. The molecular formula is C9H14O2S. The van der Waals surface area contributed by atoms with Crippen molar-refractivity contribution in [3.63, 3.8) is 0 Å². The van der Waals surface area contributed by atoms with Crippen molar-refractivity contribution in [2.45, 2.75) is 30.9 Å². The maximum absolute atomic E-state index is 10.1. The van der Waals surface area contributed by atoms with Crippen molar-refractivity contribution in [2.24, 2.45) is 0 Å². The van der Waals surface area contributed by atoms with Gasteiger partial charge in [-0.3, -0.25) is 0 Å². The van der Waals surface area contributed by atoms with Crippen molar-refractivity contribution in [1.29, 1.82) is 0 Å². The second kappa shape index (κ2) is 5.25. The van der Waals surface area contributed by atoms with Crippen LogP contribution in [-0.2, 0) is 4.79 Å². The van der Waals surface area contributed by atoms with Gasteiger partial charge in [-0.1, -0.05) is 12.5 Å². The summed E-state index contributed by atoms with van der Waals surface area (Å²) in [6.07, 6.45) is 7.80. The number of carbonyl (C=O) groups is 1. The van der Waals surface area contributed by atoms with Crippen LogP contribution in [0.1, 0.15) is 25.7 Å². The van der Waals surface area contributed by atoms with Crippen LogP contribution in [0.4, 0.5) is 0 Å². The lowest BCUT2D eigenvalue weighted by Crippen LogP contribution is -2.07. The van der Waals surface area contributed by atoms with E-state index in [1.807, 2.05) is 11.8 Å². The van der Waals surface area contributed by atoms with Gasteiger partial charge in [0.2, 0.25) is 0 Å². The quantitative estimate of drug-likeness (QED) is 0.687. The van der Waals surface area contributed by atoms with Gasteiger partial charge in [-0.05, 0) is 25.0 Å². The van der Waals surface area contributed by atoms with Gasteiger partial charge in [-0.25, -0.2) is 4.79 Å². The Bertz CT molecular complexity index is 171. The number of allylic oxidation sites excluding steroid dienone is 1. The van der Waals surface area contributed by atoms with E-state index in [0.29, 0.717) is 5.25 Å². The topological polar surface area (TPSA) is 37.3 Å². The molecule has 1 heterocycles. The lowest BCUT2D eigenvalue weighted by atomic mass is 10.1. The molecular weight excluding hydrogens is 172 g/mol. The lowest BCUT2D eigenvalue weighted by molar-refractivity contribution is -0.131. The third-order valence-electron chi connectivity index (χ3n) is 1.93. The van der Waals surface area contributed by atoms with Crippen molar-refractivity contribution in [1.82, 2.24) is 0 Å². The second-order valence-electron chi connectivity index (χ2n) is 2.96. The van der Waals surface area contributed by atoms with E-state index in [1.54, 1.807) is 6.08 Å². The van der Waals surface area contributed by atoms with Crippen LogP contribution in [0.3, 0.4) is 0 Å². The molecule has 12 heavy (non-hydrogen) atoms. The van der Waals surface area contributed by atoms with E-state index >= 15 is 0 Å². The summed E-state index contributed by atoms with van der Waals surface area (Å²) in [4.78, 5) is 10.1. The summed E-state index contributed by atoms with van der Waals surface area (Å²) in [7, 11) is 0. The van der Waals surface area contributed by atoms with Gasteiger partial charge in [0.25, 0.3) is 0 Å². The van der Waals surface area contributed by atoms with E-state index in [1.165, 1.54) is 31.1 Å². The Morgan fingerprint density at radius 3 is 3.00 bits per heavy atom. The third kappa shape index (κ3) is 3.81. The van der Waals surface area contributed by atoms with Crippen LogP contribution in [0.15, 0.2) is 12.2 Å². The highest BCUT2D eigenvalue weighted by atomic mass is 32.2. The maximum atomic E-state index is 10.1. The molecule has 0 spiro atoms. The normalized spacial score (nSPS) is 24.5. The molecule has 1 N–H and O–H groups in total. The molecule has 0 saturated carbocycles. The average Bonchev–Trinajstić information content (AvgIpc) is 2.05. The van der Waals surface area contributed by atoms with Crippen molar-refractivity contribution < 1.29 is 9.90 Å². The van der Waals surface area contributed by atoms with Crippen LogP contribution < -0.4 is 0 Å². The molecule has 0 amide bonds. The predicted molar refractivity (Wildman–Crippen MR) is 51.5 cm³/mol. The molecule has 0 aromatic carbocycles. The monoisotopic (exact) mass is 186 g/mol. The van der Waals surface area contributed by atoms with Gasteiger partial charge in [0.15, 0.2) is 0 Å². The highest BCUT2D eigenvalue weighted by Gasteiger charge is 2.11. The fourth-order valence-corrected chi connectivity index (χ4v) is 2.60. The second-order valence-corrected chi connectivity index (χ2v) is 4.37. The molecule has 1 rings (SSSR count). The molecule has 1 saturated heterocycles. The molecule has 1 fully saturated rings. The first-order valence-electron chi connectivity index (χ1n) is 4.30. The highest BCUT2D eigenvalue weighted by Crippen LogP contribution is 2.27. The van der Waals surface area contributed by atoms with Crippen LogP contribution >= 0.6 is 11.8 Å². The van der Waals surface area contributed by atoms with Gasteiger partial charge in [-0.15, -0.1) is 0 Å². The molecule has 1 atom stereocenters. The Hall–Kier alpha value is -0.440. The minimum absolute atomic E-state index is 0.661. The van der Waals surface area contributed by atoms with Crippen molar-refractivity contribution in [3.05, 3.63) is 12.2 Å². The summed E-state index contributed by atoms with van der Waals surface area (Å²) in [5.74, 6) is 0.404. The van der Waals surface area contributed by atoms with Crippen LogP contribution in [0.25, 0.3) is 0 Å². The van der Waals surface area contributed by atoms with Crippen LogP contribution in [-0.4, -0.2) is 22.1 Å². The molecule has 1 aliphatic rings. The molecule has 68 valence electrons. The zero-order valence-electron chi connectivity index (χ0n) is 7.03. The van der Waals surface area contributed by atoms with E-state index in [-0.39, 0.29) is 0 Å². The zero-order valence-corrected chi connectivity index (χ0v) is 7.85. The number of carboxylic acid groups (broad SMARTS) is 1. The number of rotatable bonds is 3. The van der Waals surface area contributed by atoms with E-state index in [0.717, 1.165) is 6.42 Å². The number of thioether (sulfide) groups is 1. The van der Waals surface area contributed by atoms with E-state index in [9.17, 15) is 4.79 Å². The molecule has 2 nitrogen and oxygen atoms in total. The average molecular weight is 186 g/mol. The minimum atomic E-state index is -0.837. The first-order valence-corrected chi connectivity index (χ1v) is 5.35. The molecule has 0 aromatic heterocycles. The summed E-state index contributed by atoms with van der Waals surface area (Å²) < 4.78 is 0. The SMILES string of the molecule is O=C(O)/C=C\CC1CCCCS1. The van der Waals surface area contributed by atoms with Crippen molar-refractivity contribution in [3.8, 4) is 0 Å². The number of hydrogen-bond donors (Lipinski definition) is 1. The first-order chi connectivity index (χ1) is 5.79. The summed E-state index contributed by atoms with van der Waals surface area (Å²) in [6, 6.07) is 0. The lowest BCUT2D eigenvalue weighted by Gasteiger charge is -2.19. The van der Waals surface area contributed by atoms with Crippen LogP contribution in [0, 0.1) is 0 Å². The highest BCUT2D eigenvalue weighted by molar-refractivity contribution is 7.99. The Balaban J connectivity index is 2.17. The Morgan fingerprint density at radius 1 is 1.58 bits per heavy atom. The van der Waals surface area contributed by atoms with Crippen LogP contribution in [0.5, 0.6) is 0 Å². The largest absolute Gasteiger partial charge is 0.478 e. The van der Waals surface area contributed by atoms with Gasteiger partial charge in [0.1, 0.15) is 0 Å². The van der Waals surface area contributed by atoms with Gasteiger partial charge in [0.05, 0.1) is 0 Å². The van der Waals surface area contributed by atoms with Gasteiger partial charge in [0, 0.05) is 11.3 Å². The maximum Gasteiger partial charge on any atom is 0.327 e. The van der Waals surface area contributed by atoms with Gasteiger partial charge in [-0.2, -0.15) is 11.8 Å². The fourth-order valence-electron chi connectivity index (χ4n) is 1.31. The van der Waals surface area contributed by atoms with Crippen molar-refractivity contribution >= 4 is 17.7 Å². The number of carboxylic acids is 1. The minimum Gasteiger partial charge on any atom is -0.478 e. The smallest absolute Gasteiger partial charge is 0.327 e. The standard InChI is InChI=1S/C9H14O2S/c10-9(11)6-3-5-8-4-1-2-7-12-8/h3,6,8H,1-2,4-5,7H2,(H,10,11)/b6-3-. The Kier molecular flexibility index (Phi) is 4.22. The van der Waals surface area contributed by atoms with Crippen molar-refractivity contribution in [2.75, 3.05) is 5.75 Å². The Labute approximate surface area is 77.0 Å². The predicted octanol–water partition coefficient (Wildman–Crippen LogP) is 2.30. The number of aliphatic carboxylic acids is 1. The summed E-state index contributed by atoms with van der Waals surface area (Å²) in [5, 5.41) is 9.01. The third-order valence-corrected chi connectivity index (χ3v) is 3.36. The Morgan fingerprint density at radius 2 is 2.42 bits per heavy atom. The van der Waals surface area contributed by atoms with Gasteiger partial charge >= 0.3 is 5.97 Å². The molecule has 0 bridgehead atoms. The molecule has 1 unspecified atom stereocenters. The van der Waals surface area contributed by atoms with E-state index < -0.39 is 5.97 Å². The number of hydrogen-bond acceptors (Lipinski definition) is 2. The molecule has 0 aliphatic carbocycles. The fraction of sp³-hybridized carbons (Fsp3) is 0.667. The van der Waals surface area contributed by atoms with Crippen LogP contribution in [0.2, 0.25) is 0 Å². The molecule has 3 heteroatoms. The van der Waals surface area contributed by atoms with E-state index in [2.05, 4.69) is 0 Å². The molecule has 1 aliphatic heterocycles. The zero-order chi connectivity index (χ0) is 8.81.